The molecular weight excluding hydrogens is 134 g/mol. The third-order valence-electron chi connectivity index (χ3n) is 0.834. The van der Waals surface area contributed by atoms with Crippen molar-refractivity contribution in [2.75, 3.05) is 13.1 Å². The van der Waals surface area contributed by atoms with Gasteiger partial charge < -0.3 is 4.52 Å². The van der Waals surface area contributed by atoms with E-state index in [0.29, 0.717) is 0 Å². The maximum atomic E-state index is 4.22. The van der Waals surface area contributed by atoms with E-state index >= 15 is 0 Å². The summed E-state index contributed by atoms with van der Waals surface area (Å²) in [5, 5.41) is 6.40. The molecular formula is C4H9N5O. The Morgan fingerprint density at radius 1 is 1.30 bits per heavy atom. The maximum Gasteiger partial charge on any atom is 0.144 e. The number of nitrogens with one attached hydrogen (secondary N) is 3. The number of hydrogen-bond donors (Lipinski definition) is 3. The van der Waals surface area contributed by atoms with Crippen LogP contribution in [0.3, 0.4) is 0 Å². The summed E-state index contributed by atoms with van der Waals surface area (Å²) in [6.07, 6.45) is 2.88. The zero-order valence-electron chi connectivity index (χ0n) is 5.37. The Kier molecular flexibility index (Phi) is 3.46. The fourth-order valence-electron chi connectivity index (χ4n) is 0.449. The molecule has 10 heavy (non-hydrogen) atoms. The van der Waals surface area contributed by atoms with Crippen LogP contribution in [0.5, 0.6) is 0 Å². The normalized spacial score (nSPS) is 16.0. The monoisotopic (exact) mass is 143 g/mol. The smallest absolute Gasteiger partial charge is 0.144 e. The van der Waals surface area contributed by atoms with Gasteiger partial charge in [-0.25, -0.2) is 10.9 Å². The number of hydrogen-bond acceptors (Lipinski definition) is 6. The van der Waals surface area contributed by atoms with E-state index in [1.807, 2.05) is 0 Å². The molecule has 2 rings (SSSR count). The van der Waals surface area contributed by atoms with E-state index in [4.69, 9.17) is 0 Å². The summed E-state index contributed by atoms with van der Waals surface area (Å²) in [4.78, 5) is 0. The van der Waals surface area contributed by atoms with Crippen molar-refractivity contribution >= 4 is 0 Å². The van der Waals surface area contributed by atoms with Gasteiger partial charge in [0.2, 0.25) is 0 Å². The summed E-state index contributed by atoms with van der Waals surface area (Å²) in [6.45, 7) is 2.06. The van der Waals surface area contributed by atoms with Crippen LogP contribution in [0.25, 0.3) is 0 Å². The molecule has 1 fully saturated rings. The van der Waals surface area contributed by atoms with Crippen molar-refractivity contribution in [3.05, 3.63) is 12.5 Å². The van der Waals surface area contributed by atoms with E-state index < -0.39 is 0 Å². The van der Waals surface area contributed by atoms with Gasteiger partial charge in [-0.05, 0) is 0 Å². The lowest BCUT2D eigenvalue weighted by Gasteiger charge is -1.82. The molecule has 6 heteroatoms. The number of aromatic nitrogens is 2. The minimum atomic E-state index is 1.03. The van der Waals surface area contributed by atoms with E-state index in [0.717, 1.165) is 13.1 Å². The first-order valence-electron chi connectivity index (χ1n) is 2.92. The van der Waals surface area contributed by atoms with Crippen molar-refractivity contribution in [2.24, 2.45) is 0 Å². The van der Waals surface area contributed by atoms with Crippen molar-refractivity contribution in [3.8, 4) is 0 Å². The highest BCUT2D eigenvalue weighted by Gasteiger charge is 1.89. The second kappa shape index (κ2) is 4.86. The second-order valence-electron chi connectivity index (χ2n) is 1.57. The van der Waals surface area contributed by atoms with Crippen LogP contribution >= 0.6 is 0 Å². The lowest BCUT2D eigenvalue weighted by molar-refractivity contribution is 0.393. The molecule has 1 saturated heterocycles. The average molecular weight is 143 g/mol. The predicted octanol–water partition coefficient (Wildman–Crippen LogP) is -1.33. The highest BCUT2D eigenvalue weighted by Crippen LogP contribution is 1.64. The first-order chi connectivity index (χ1) is 5.00. The third-order valence-corrected chi connectivity index (χ3v) is 0.834. The molecule has 56 valence electrons. The van der Waals surface area contributed by atoms with Gasteiger partial charge in [-0.2, -0.15) is 5.53 Å². The molecule has 0 amide bonds. The summed E-state index contributed by atoms with van der Waals surface area (Å²) >= 11 is 0. The van der Waals surface area contributed by atoms with E-state index in [1.165, 1.54) is 12.5 Å². The SMILES string of the molecule is C1CNNN1.c1conn1. The summed E-state index contributed by atoms with van der Waals surface area (Å²) in [5.74, 6) is 0. The van der Waals surface area contributed by atoms with Gasteiger partial charge in [0.15, 0.2) is 0 Å². The van der Waals surface area contributed by atoms with Gasteiger partial charge in [0.1, 0.15) is 6.26 Å². The molecule has 0 unspecified atom stereocenters. The lowest BCUT2D eigenvalue weighted by atomic mass is 10.7. The van der Waals surface area contributed by atoms with Gasteiger partial charge in [0, 0.05) is 18.4 Å². The third kappa shape index (κ3) is 3.13. The molecule has 1 aromatic heterocycles. The fraction of sp³-hybridized carbons (Fsp3) is 0.500. The van der Waals surface area contributed by atoms with Gasteiger partial charge in [-0.15, -0.1) is 5.10 Å². The molecule has 2 heterocycles. The summed E-state index contributed by atoms with van der Waals surface area (Å²) < 4.78 is 4.22. The van der Waals surface area contributed by atoms with Crippen LogP contribution in [-0.2, 0) is 0 Å². The Labute approximate surface area is 57.9 Å². The van der Waals surface area contributed by atoms with Gasteiger partial charge in [0.25, 0.3) is 0 Å². The van der Waals surface area contributed by atoms with Crippen LogP contribution < -0.4 is 16.4 Å². The first-order valence-corrected chi connectivity index (χ1v) is 2.92. The quantitative estimate of drug-likeness (QED) is 0.418. The van der Waals surface area contributed by atoms with Crippen LogP contribution in [0, 0.1) is 0 Å². The molecule has 0 saturated carbocycles. The molecule has 0 spiro atoms. The standard InChI is InChI=1S/C2H7N3.C2H2N2O/c1-2-4-5-3-1;1-2-5-4-3-1/h3-5H,1-2H2;1-2H. The van der Waals surface area contributed by atoms with Crippen LogP contribution in [0.4, 0.5) is 0 Å². The number of hydrazine groups is 2. The Morgan fingerprint density at radius 2 is 2.10 bits per heavy atom. The van der Waals surface area contributed by atoms with Crippen LogP contribution in [-0.4, -0.2) is 23.5 Å². The van der Waals surface area contributed by atoms with Crippen molar-refractivity contribution in [3.63, 3.8) is 0 Å². The summed E-state index contributed by atoms with van der Waals surface area (Å²) in [6, 6.07) is 0. The van der Waals surface area contributed by atoms with Crippen molar-refractivity contribution in [2.45, 2.75) is 0 Å². The van der Waals surface area contributed by atoms with Gasteiger partial charge in [-0.3, -0.25) is 0 Å². The maximum absolute atomic E-state index is 4.22. The van der Waals surface area contributed by atoms with E-state index in [1.54, 1.807) is 0 Å². The Morgan fingerprint density at radius 3 is 2.30 bits per heavy atom. The number of nitrogens with zero attached hydrogens (tertiary/aromatic N) is 2. The van der Waals surface area contributed by atoms with Crippen LogP contribution in [0.15, 0.2) is 17.0 Å². The second-order valence-corrected chi connectivity index (χ2v) is 1.57. The number of rotatable bonds is 0. The minimum Gasteiger partial charge on any atom is -0.346 e. The van der Waals surface area contributed by atoms with Crippen LogP contribution in [0.2, 0.25) is 0 Å². The van der Waals surface area contributed by atoms with E-state index in [-0.39, 0.29) is 0 Å². The first kappa shape index (κ1) is 7.13. The van der Waals surface area contributed by atoms with Crippen molar-refractivity contribution in [1.82, 2.24) is 26.8 Å². The van der Waals surface area contributed by atoms with Gasteiger partial charge in [0.05, 0.1) is 6.20 Å². The largest absolute Gasteiger partial charge is 0.346 e. The summed E-state index contributed by atoms with van der Waals surface area (Å²) in [7, 11) is 0. The molecule has 3 N–H and O–H groups in total. The highest BCUT2D eigenvalue weighted by atomic mass is 16.5. The average Bonchev–Trinajstić information content (AvgIpc) is 2.67. The Hall–Kier alpha value is -0.980. The molecule has 6 nitrogen and oxygen atoms in total. The molecule has 0 radical (unpaired) electrons. The summed E-state index contributed by atoms with van der Waals surface area (Å²) in [5.41, 5.74) is 8.44. The topological polar surface area (TPSA) is 75.0 Å². The highest BCUT2D eigenvalue weighted by molar-refractivity contribution is 4.48. The zero-order chi connectivity index (χ0) is 7.07. The van der Waals surface area contributed by atoms with E-state index in [9.17, 15) is 0 Å². The van der Waals surface area contributed by atoms with E-state index in [2.05, 4.69) is 31.3 Å². The van der Waals surface area contributed by atoms with Crippen molar-refractivity contribution < 1.29 is 4.52 Å². The molecule has 1 aromatic rings. The Bertz CT molecular complexity index is 113. The minimum absolute atomic E-state index is 1.03. The molecule has 0 bridgehead atoms. The molecule has 0 atom stereocenters. The fourth-order valence-corrected chi connectivity index (χ4v) is 0.449. The van der Waals surface area contributed by atoms with Crippen LogP contribution in [0.1, 0.15) is 0 Å². The zero-order valence-corrected chi connectivity index (χ0v) is 5.37. The van der Waals surface area contributed by atoms with Gasteiger partial charge in [-0.1, -0.05) is 0 Å². The van der Waals surface area contributed by atoms with Gasteiger partial charge >= 0.3 is 0 Å². The van der Waals surface area contributed by atoms with Crippen molar-refractivity contribution in [1.29, 1.82) is 0 Å². The predicted molar refractivity (Wildman–Crippen MR) is 33.4 cm³/mol. The molecule has 0 aromatic carbocycles. The molecule has 1 aliphatic rings. The lowest BCUT2D eigenvalue weighted by Crippen LogP contribution is -2.29. The Balaban J connectivity index is 0.0000001000. The molecule has 1 aliphatic heterocycles. The molecule has 0 aliphatic carbocycles.